The highest BCUT2D eigenvalue weighted by Crippen LogP contribution is 2.32. The average Bonchev–Trinajstić information content (AvgIpc) is 2.83. The van der Waals surface area contributed by atoms with Crippen molar-refractivity contribution in [1.29, 1.82) is 0 Å². The lowest BCUT2D eigenvalue weighted by molar-refractivity contribution is -0.149. The highest BCUT2D eigenvalue weighted by molar-refractivity contribution is 6.25. The van der Waals surface area contributed by atoms with Gasteiger partial charge in [0.1, 0.15) is 6.04 Å². The molecular formula is C17H15N3O4. The Balaban J connectivity index is 1.97. The lowest BCUT2D eigenvalue weighted by atomic mass is 10.0. The van der Waals surface area contributed by atoms with E-state index in [4.69, 9.17) is 6.42 Å². The Morgan fingerprint density at radius 2 is 2.00 bits per heavy atom. The van der Waals surface area contributed by atoms with Crippen molar-refractivity contribution >= 4 is 29.3 Å². The second kappa shape index (κ2) is 5.81. The van der Waals surface area contributed by atoms with E-state index in [1.807, 2.05) is 0 Å². The molecule has 24 heavy (non-hydrogen) atoms. The Hall–Kier alpha value is -3.14. The smallest absolute Gasteiger partial charge is 0.264 e. The molecule has 0 aromatic heterocycles. The molecule has 1 atom stereocenters. The summed E-state index contributed by atoms with van der Waals surface area (Å²) in [5.74, 6) is 0.476. The molecule has 2 aliphatic heterocycles. The molecule has 0 bridgehead atoms. The van der Waals surface area contributed by atoms with Gasteiger partial charge in [0.05, 0.1) is 17.7 Å². The predicted molar refractivity (Wildman–Crippen MR) is 85.1 cm³/mol. The van der Waals surface area contributed by atoms with Crippen LogP contribution < -0.4 is 5.32 Å². The molecule has 1 aromatic rings. The number of amides is 4. The quantitative estimate of drug-likeness (QED) is 0.645. The molecule has 122 valence electrons. The van der Waals surface area contributed by atoms with Gasteiger partial charge in [-0.15, -0.1) is 6.42 Å². The third-order valence-electron chi connectivity index (χ3n) is 4.26. The topological polar surface area (TPSA) is 86.8 Å². The summed E-state index contributed by atoms with van der Waals surface area (Å²) in [4.78, 5) is 51.3. The first-order valence-corrected chi connectivity index (χ1v) is 7.46. The molecule has 1 N–H and O–H groups in total. The number of nitrogens with one attached hydrogen (secondary N) is 1. The summed E-state index contributed by atoms with van der Waals surface area (Å²) in [5, 5.41) is 2.91. The minimum atomic E-state index is -0.958. The third kappa shape index (κ3) is 2.24. The van der Waals surface area contributed by atoms with E-state index in [9.17, 15) is 19.2 Å². The lowest BCUT2D eigenvalue weighted by Gasteiger charge is -2.32. The second-order valence-electron chi connectivity index (χ2n) is 5.61. The highest BCUT2D eigenvalue weighted by atomic mass is 16.2. The van der Waals surface area contributed by atoms with E-state index >= 15 is 0 Å². The highest BCUT2D eigenvalue weighted by Gasteiger charge is 2.46. The molecule has 2 heterocycles. The van der Waals surface area contributed by atoms with E-state index in [-0.39, 0.29) is 36.4 Å². The summed E-state index contributed by atoms with van der Waals surface area (Å²) >= 11 is 0. The van der Waals surface area contributed by atoms with Crippen LogP contribution in [0.5, 0.6) is 0 Å². The van der Waals surface area contributed by atoms with Crippen molar-refractivity contribution in [2.24, 2.45) is 0 Å². The molecule has 7 heteroatoms. The molecule has 1 fully saturated rings. The molecule has 4 amide bonds. The van der Waals surface area contributed by atoms with Crippen LogP contribution in [-0.4, -0.2) is 53.1 Å². The summed E-state index contributed by atoms with van der Waals surface area (Å²) in [6, 6.07) is 3.88. The van der Waals surface area contributed by atoms with Gasteiger partial charge in [-0.05, 0) is 18.6 Å². The Morgan fingerprint density at radius 1 is 1.25 bits per heavy atom. The molecule has 7 nitrogen and oxygen atoms in total. The van der Waals surface area contributed by atoms with E-state index in [0.717, 1.165) is 9.80 Å². The van der Waals surface area contributed by atoms with Crippen molar-refractivity contribution in [2.45, 2.75) is 18.9 Å². The maximum atomic E-state index is 12.8. The summed E-state index contributed by atoms with van der Waals surface area (Å²) in [6.07, 6.45) is 5.47. The number of hydrogen-bond donors (Lipinski definition) is 1. The zero-order chi connectivity index (χ0) is 17.4. The van der Waals surface area contributed by atoms with Crippen molar-refractivity contribution in [1.82, 2.24) is 9.80 Å². The Kier molecular flexibility index (Phi) is 3.81. The number of imide groups is 2. The number of carbonyl (C=O) groups is 4. The van der Waals surface area contributed by atoms with Gasteiger partial charge in [0.25, 0.3) is 17.7 Å². The number of hydrogen-bond acceptors (Lipinski definition) is 5. The van der Waals surface area contributed by atoms with E-state index in [1.54, 1.807) is 18.2 Å². The van der Waals surface area contributed by atoms with Crippen LogP contribution in [0.2, 0.25) is 0 Å². The van der Waals surface area contributed by atoms with Crippen LogP contribution in [0.15, 0.2) is 18.2 Å². The van der Waals surface area contributed by atoms with E-state index < -0.39 is 23.8 Å². The summed E-state index contributed by atoms with van der Waals surface area (Å²) in [5.41, 5.74) is 0.901. The zero-order valence-corrected chi connectivity index (χ0v) is 13.0. The molecule has 2 aliphatic rings. The van der Waals surface area contributed by atoms with Crippen LogP contribution in [0.3, 0.4) is 0 Å². The van der Waals surface area contributed by atoms with Crippen molar-refractivity contribution in [2.75, 3.05) is 18.9 Å². The molecule has 1 aromatic carbocycles. The maximum absolute atomic E-state index is 12.8. The molecule has 0 radical (unpaired) electrons. The number of carbonyl (C=O) groups excluding carboxylic acids is 4. The van der Waals surface area contributed by atoms with Gasteiger partial charge in [-0.2, -0.15) is 0 Å². The average molecular weight is 325 g/mol. The first-order valence-electron chi connectivity index (χ1n) is 7.46. The van der Waals surface area contributed by atoms with E-state index in [1.165, 1.54) is 7.05 Å². The standard InChI is InChI=1S/C17H15N3O4/c1-3-9-18-11-6-4-5-10-14(11)17(24)20(15(10)22)12-7-8-13(21)19(2)16(12)23/h1,4-6,12,18H,7-9H2,2H3. The monoisotopic (exact) mass is 325 g/mol. The molecule has 3 rings (SSSR count). The van der Waals surface area contributed by atoms with E-state index in [2.05, 4.69) is 11.2 Å². The van der Waals surface area contributed by atoms with Gasteiger partial charge in [0.2, 0.25) is 5.91 Å². The number of fused-ring (bicyclic) bond motifs is 1. The van der Waals surface area contributed by atoms with Crippen molar-refractivity contribution in [3.63, 3.8) is 0 Å². The number of likely N-dealkylation sites (N-methyl/N-ethyl adjacent to an activating group) is 1. The van der Waals surface area contributed by atoms with Crippen LogP contribution in [-0.2, 0) is 9.59 Å². The van der Waals surface area contributed by atoms with Gasteiger partial charge in [-0.1, -0.05) is 12.0 Å². The Labute approximate surface area is 138 Å². The minimum Gasteiger partial charge on any atom is -0.373 e. The number of benzene rings is 1. The molecule has 1 saturated heterocycles. The first-order chi connectivity index (χ1) is 11.5. The van der Waals surface area contributed by atoms with Crippen molar-refractivity contribution in [3.8, 4) is 12.3 Å². The fraction of sp³-hybridized carbons (Fsp3) is 0.294. The summed E-state index contributed by atoms with van der Waals surface area (Å²) in [7, 11) is 1.36. The minimum absolute atomic E-state index is 0.114. The number of likely N-dealkylation sites (tertiary alicyclic amines) is 1. The number of terminal acetylenes is 1. The Bertz CT molecular complexity index is 809. The number of rotatable bonds is 3. The van der Waals surface area contributed by atoms with Crippen LogP contribution in [0, 0.1) is 12.3 Å². The molecule has 0 saturated carbocycles. The van der Waals surface area contributed by atoms with E-state index in [0.29, 0.717) is 5.69 Å². The van der Waals surface area contributed by atoms with Gasteiger partial charge in [0.15, 0.2) is 0 Å². The maximum Gasteiger partial charge on any atom is 0.264 e. The number of piperidine rings is 1. The molecular weight excluding hydrogens is 310 g/mol. The molecule has 1 unspecified atom stereocenters. The van der Waals surface area contributed by atoms with Crippen molar-refractivity contribution < 1.29 is 19.2 Å². The summed E-state index contributed by atoms with van der Waals surface area (Å²) in [6.45, 7) is 0.206. The predicted octanol–water partition coefficient (Wildman–Crippen LogP) is 0.475. The van der Waals surface area contributed by atoms with Gasteiger partial charge < -0.3 is 5.32 Å². The second-order valence-corrected chi connectivity index (χ2v) is 5.61. The lowest BCUT2D eigenvalue weighted by Crippen LogP contribution is -2.54. The molecule has 0 aliphatic carbocycles. The Morgan fingerprint density at radius 3 is 2.71 bits per heavy atom. The van der Waals surface area contributed by atoms with Gasteiger partial charge >= 0.3 is 0 Å². The SMILES string of the molecule is C#CCNc1cccc2c1C(=O)N(C1CCC(=O)N(C)C1=O)C2=O. The van der Waals surface area contributed by atoms with Crippen LogP contribution in [0.25, 0.3) is 0 Å². The van der Waals surface area contributed by atoms with Crippen LogP contribution >= 0.6 is 0 Å². The third-order valence-corrected chi connectivity index (χ3v) is 4.26. The zero-order valence-electron chi connectivity index (χ0n) is 13.0. The normalized spacial score (nSPS) is 20.2. The van der Waals surface area contributed by atoms with Crippen LogP contribution in [0.4, 0.5) is 5.69 Å². The van der Waals surface area contributed by atoms with Gasteiger partial charge in [0, 0.05) is 19.2 Å². The summed E-state index contributed by atoms with van der Waals surface area (Å²) < 4.78 is 0. The molecule has 0 spiro atoms. The number of anilines is 1. The fourth-order valence-corrected chi connectivity index (χ4v) is 3.02. The largest absolute Gasteiger partial charge is 0.373 e. The van der Waals surface area contributed by atoms with Crippen molar-refractivity contribution in [3.05, 3.63) is 29.3 Å². The number of nitrogens with zero attached hydrogens (tertiary/aromatic N) is 2. The van der Waals surface area contributed by atoms with Gasteiger partial charge in [-0.3, -0.25) is 29.0 Å². The fourth-order valence-electron chi connectivity index (χ4n) is 3.02. The van der Waals surface area contributed by atoms with Gasteiger partial charge in [-0.25, -0.2) is 0 Å². The van der Waals surface area contributed by atoms with Crippen LogP contribution in [0.1, 0.15) is 33.6 Å². The first kappa shape index (κ1) is 15.7.